The minimum absolute atomic E-state index is 0.00545. The van der Waals surface area contributed by atoms with Gasteiger partial charge in [0.2, 0.25) is 6.79 Å². The number of benzene rings is 1. The summed E-state index contributed by atoms with van der Waals surface area (Å²) in [6.07, 6.45) is 0. The Hall–Kier alpha value is -2.84. The lowest BCUT2D eigenvalue weighted by Crippen LogP contribution is -2.48. The van der Waals surface area contributed by atoms with Crippen LogP contribution in [0.1, 0.15) is 20.9 Å². The van der Waals surface area contributed by atoms with Gasteiger partial charge in [0, 0.05) is 43.8 Å². The lowest BCUT2D eigenvalue weighted by Gasteiger charge is -2.34. The molecule has 2 N–H and O–H groups in total. The van der Waals surface area contributed by atoms with Crippen LogP contribution in [0.5, 0.6) is 11.5 Å². The zero-order valence-electron chi connectivity index (χ0n) is 16.2. The molecule has 0 radical (unpaired) electrons. The van der Waals surface area contributed by atoms with Gasteiger partial charge in [-0.05, 0) is 36.8 Å². The van der Waals surface area contributed by atoms with Crippen molar-refractivity contribution in [1.29, 1.82) is 0 Å². The maximum Gasteiger partial charge on any atom is 0.266 e. The molecular formula is C21H22N4O3S. The molecular weight excluding hydrogens is 388 g/mol. The molecule has 5 rings (SSSR count). The van der Waals surface area contributed by atoms with Gasteiger partial charge in [-0.2, -0.15) is 0 Å². The van der Waals surface area contributed by atoms with Crippen LogP contribution in [0.4, 0.5) is 5.69 Å². The average molecular weight is 410 g/mol. The van der Waals surface area contributed by atoms with Crippen molar-refractivity contribution in [3.05, 3.63) is 46.5 Å². The van der Waals surface area contributed by atoms with Crippen molar-refractivity contribution in [3.63, 3.8) is 0 Å². The Morgan fingerprint density at radius 2 is 1.93 bits per heavy atom. The van der Waals surface area contributed by atoms with Crippen LogP contribution in [0.2, 0.25) is 0 Å². The second-order valence-electron chi connectivity index (χ2n) is 7.41. The van der Waals surface area contributed by atoms with Gasteiger partial charge >= 0.3 is 0 Å². The molecule has 0 atom stereocenters. The minimum Gasteiger partial charge on any atom is -0.454 e. The Morgan fingerprint density at radius 1 is 1.14 bits per heavy atom. The number of anilines is 1. The molecule has 29 heavy (non-hydrogen) atoms. The number of ether oxygens (including phenoxy) is 2. The van der Waals surface area contributed by atoms with Gasteiger partial charge in [-0.25, -0.2) is 4.98 Å². The van der Waals surface area contributed by atoms with Crippen LogP contribution in [0.15, 0.2) is 30.3 Å². The number of carbonyl (C=O) groups is 1. The highest BCUT2D eigenvalue weighted by Crippen LogP contribution is 2.34. The molecule has 3 aromatic rings. The van der Waals surface area contributed by atoms with Crippen LogP contribution in [0, 0.1) is 6.92 Å². The number of aromatic nitrogens is 1. The summed E-state index contributed by atoms with van der Waals surface area (Å²) >= 11 is 1.39. The highest BCUT2D eigenvalue weighted by atomic mass is 32.1. The molecule has 2 aromatic heterocycles. The largest absolute Gasteiger partial charge is 0.454 e. The van der Waals surface area contributed by atoms with Crippen molar-refractivity contribution in [1.82, 2.24) is 14.8 Å². The Morgan fingerprint density at radius 3 is 2.76 bits per heavy atom. The third kappa shape index (κ3) is 3.38. The van der Waals surface area contributed by atoms with Crippen LogP contribution in [0.3, 0.4) is 0 Å². The number of rotatable bonds is 3. The van der Waals surface area contributed by atoms with Crippen molar-refractivity contribution >= 4 is 33.1 Å². The predicted octanol–water partition coefficient (Wildman–Crippen LogP) is 2.87. The molecule has 1 saturated heterocycles. The number of aryl methyl sites for hydroxylation is 1. The molecule has 0 bridgehead atoms. The third-order valence-corrected chi connectivity index (χ3v) is 6.53. The smallest absolute Gasteiger partial charge is 0.266 e. The standard InChI is InChI=1S/C21H22N4O3S/c1-13-2-4-15-18(22)19(29-20(15)23-13)21(26)25-8-6-24(7-9-25)11-14-3-5-16-17(10-14)28-12-27-16/h2-5,10H,6-9,11-12,22H2,1H3. The normalized spacial score (nSPS) is 16.5. The van der Waals surface area contributed by atoms with Crippen molar-refractivity contribution in [2.75, 3.05) is 38.7 Å². The zero-order chi connectivity index (χ0) is 20.0. The second kappa shape index (κ2) is 7.20. The molecule has 2 aliphatic rings. The number of pyridine rings is 1. The number of hydrogen-bond acceptors (Lipinski definition) is 7. The highest BCUT2D eigenvalue weighted by molar-refractivity contribution is 7.21. The third-order valence-electron chi connectivity index (χ3n) is 5.43. The van der Waals surface area contributed by atoms with E-state index in [0.29, 0.717) is 23.7 Å². The van der Waals surface area contributed by atoms with Crippen LogP contribution < -0.4 is 15.2 Å². The molecule has 0 aliphatic carbocycles. The number of hydrogen-bond donors (Lipinski definition) is 1. The summed E-state index contributed by atoms with van der Waals surface area (Å²) in [6.45, 7) is 6.07. The van der Waals surface area contributed by atoms with Crippen LogP contribution in [-0.2, 0) is 6.54 Å². The number of nitrogens with zero attached hydrogens (tertiary/aromatic N) is 3. The van der Waals surface area contributed by atoms with E-state index in [1.165, 1.54) is 16.9 Å². The number of carbonyl (C=O) groups excluding carboxylic acids is 1. The molecule has 1 aromatic carbocycles. The summed E-state index contributed by atoms with van der Waals surface area (Å²) in [4.78, 5) is 23.2. The maximum absolute atomic E-state index is 13.0. The summed E-state index contributed by atoms with van der Waals surface area (Å²) in [5.41, 5.74) is 8.92. The zero-order valence-corrected chi connectivity index (χ0v) is 17.0. The first-order chi connectivity index (χ1) is 14.1. The predicted molar refractivity (Wildman–Crippen MR) is 113 cm³/mol. The number of amides is 1. The fraction of sp³-hybridized carbons (Fsp3) is 0.333. The fourth-order valence-electron chi connectivity index (χ4n) is 3.80. The van der Waals surface area contributed by atoms with E-state index in [-0.39, 0.29) is 12.7 Å². The Bertz CT molecular complexity index is 1090. The van der Waals surface area contributed by atoms with E-state index in [0.717, 1.165) is 47.0 Å². The number of nitrogens with two attached hydrogens (primary N) is 1. The van der Waals surface area contributed by atoms with Gasteiger partial charge in [0.05, 0.1) is 5.69 Å². The lowest BCUT2D eigenvalue weighted by atomic mass is 10.1. The Kier molecular flexibility index (Phi) is 4.52. The van der Waals surface area contributed by atoms with Crippen molar-refractivity contribution in [2.45, 2.75) is 13.5 Å². The van der Waals surface area contributed by atoms with Gasteiger partial charge in [-0.1, -0.05) is 6.07 Å². The minimum atomic E-state index is 0.00545. The molecule has 0 saturated carbocycles. The first-order valence-corrected chi connectivity index (χ1v) is 10.5. The monoisotopic (exact) mass is 410 g/mol. The van der Waals surface area contributed by atoms with E-state index in [1.54, 1.807) is 0 Å². The summed E-state index contributed by atoms with van der Waals surface area (Å²) in [7, 11) is 0. The van der Waals surface area contributed by atoms with E-state index < -0.39 is 0 Å². The fourth-order valence-corrected chi connectivity index (χ4v) is 4.91. The van der Waals surface area contributed by atoms with Gasteiger partial charge < -0.3 is 20.1 Å². The summed E-state index contributed by atoms with van der Waals surface area (Å²) in [5, 5.41) is 0.866. The van der Waals surface area contributed by atoms with Crippen LogP contribution in [0.25, 0.3) is 10.2 Å². The summed E-state index contributed by atoms with van der Waals surface area (Å²) in [5.74, 6) is 1.61. The number of nitrogen functional groups attached to an aromatic ring is 1. The van der Waals surface area contributed by atoms with E-state index in [2.05, 4.69) is 16.0 Å². The summed E-state index contributed by atoms with van der Waals surface area (Å²) < 4.78 is 10.8. The van der Waals surface area contributed by atoms with Gasteiger partial charge in [0.15, 0.2) is 11.5 Å². The maximum atomic E-state index is 13.0. The van der Waals surface area contributed by atoms with Crippen LogP contribution in [-0.4, -0.2) is 53.7 Å². The molecule has 150 valence electrons. The quantitative estimate of drug-likeness (QED) is 0.715. The Balaban J connectivity index is 1.25. The number of thiophene rings is 1. The SMILES string of the molecule is Cc1ccc2c(N)c(C(=O)N3CCN(Cc4ccc5c(c4)OCO5)CC3)sc2n1. The molecule has 1 fully saturated rings. The van der Waals surface area contributed by atoms with Gasteiger partial charge in [0.1, 0.15) is 9.71 Å². The first-order valence-electron chi connectivity index (χ1n) is 9.64. The average Bonchev–Trinajstić information content (AvgIpc) is 3.32. The van der Waals surface area contributed by atoms with Gasteiger partial charge in [0.25, 0.3) is 5.91 Å². The van der Waals surface area contributed by atoms with E-state index in [4.69, 9.17) is 15.2 Å². The molecule has 1 amide bonds. The topological polar surface area (TPSA) is 80.9 Å². The molecule has 0 spiro atoms. The Labute approximate surface area is 172 Å². The number of fused-ring (bicyclic) bond motifs is 2. The van der Waals surface area contributed by atoms with Crippen molar-refractivity contribution in [3.8, 4) is 11.5 Å². The summed E-state index contributed by atoms with van der Waals surface area (Å²) in [6, 6.07) is 9.93. The van der Waals surface area contributed by atoms with Crippen molar-refractivity contribution < 1.29 is 14.3 Å². The number of piperazine rings is 1. The van der Waals surface area contributed by atoms with Crippen molar-refractivity contribution in [2.24, 2.45) is 0 Å². The van der Waals surface area contributed by atoms with E-state index in [9.17, 15) is 4.79 Å². The molecule has 2 aliphatic heterocycles. The lowest BCUT2D eigenvalue weighted by molar-refractivity contribution is 0.0634. The van der Waals surface area contributed by atoms with Crippen LogP contribution >= 0.6 is 11.3 Å². The van der Waals surface area contributed by atoms with Gasteiger partial charge in [-0.15, -0.1) is 11.3 Å². The molecule has 7 nitrogen and oxygen atoms in total. The highest BCUT2D eigenvalue weighted by Gasteiger charge is 2.26. The molecule has 8 heteroatoms. The van der Waals surface area contributed by atoms with Gasteiger partial charge in [-0.3, -0.25) is 9.69 Å². The molecule has 0 unspecified atom stereocenters. The first kappa shape index (κ1) is 18.2. The second-order valence-corrected chi connectivity index (χ2v) is 8.41. The molecule has 4 heterocycles. The van der Waals surface area contributed by atoms with E-state index in [1.807, 2.05) is 36.1 Å². The van der Waals surface area contributed by atoms with E-state index >= 15 is 0 Å².